The quantitative estimate of drug-likeness (QED) is 0.490. The van der Waals surface area contributed by atoms with Gasteiger partial charge in [0.1, 0.15) is 0 Å². The lowest BCUT2D eigenvalue weighted by Crippen LogP contribution is -2.43. The van der Waals surface area contributed by atoms with Crippen LogP contribution in [-0.2, 0) is 19.1 Å². The number of esters is 2. The van der Waals surface area contributed by atoms with Crippen LogP contribution in [0.1, 0.15) is 13.8 Å². The van der Waals surface area contributed by atoms with Crippen LogP contribution in [0.15, 0.2) is 36.0 Å². The van der Waals surface area contributed by atoms with E-state index in [1.807, 2.05) is 24.3 Å². The van der Waals surface area contributed by atoms with Gasteiger partial charge in [0.25, 0.3) is 5.79 Å². The van der Waals surface area contributed by atoms with Gasteiger partial charge in [-0.1, -0.05) is 6.07 Å². The van der Waals surface area contributed by atoms with Crippen molar-refractivity contribution in [2.24, 2.45) is 0 Å². The Morgan fingerprint density at radius 3 is 2.50 bits per heavy atom. The molecule has 2 aliphatic rings. The van der Waals surface area contributed by atoms with Crippen molar-refractivity contribution in [1.82, 2.24) is 5.32 Å². The molecular formula is C17H21N3O4. The van der Waals surface area contributed by atoms with E-state index in [-0.39, 0.29) is 5.57 Å². The van der Waals surface area contributed by atoms with Crippen molar-refractivity contribution in [3.63, 3.8) is 0 Å². The van der Waals surface area contributed by atoms with Gasteiger partial charge in [0.05, 0.1) is 0 Å². The van der Waals surface area contributed by atoms with E-state index in [1.54, 1.807) is 0 Å². The van der Waals surface area contributed by atoms with E-state index in [0.29, 0.717) is 0 Å². The maximum atomic E-state index is 11.9. The zero-order valence-corrected chi connectivity index (χ0v) is 13.8. The second kappa shape index (κ2) is 6.52. The molecule has 2 fully saturated rings. The lowest BCUT2D eigenvalue weighted by molar-refractivity contribution is -0.222. The Morgan fingerprint density at radius 2 is 1.83 bits per heavy atom. The Bertz CT molecular complexity index is 656. The summed E-state index contributed by atoms with van der Waals surface area (Å²) in [5.74, 6) is -2.61. The summed E-state index contributed by atoms with van der Waals surface area (Å²) < 4.78 is 10.1. The summed E-state index contributed by atoms with van der Waals surface area (Å²) in [6, 6.07) is 7.81. The van der Waals surface area contributed by atoms with Crippen molar-refractivity contribution in [1.29, 1.82) is 0 Å². The molecule has 2 saturated heterocycles. The molecule has 2 aliphatic heterocycles. The maximum absolute atomic E-state index is 11.9. The molecule has 1 aromatic rings. The molecule has 0 radical (unpaired) electrons. The Labute approximate surface area is 140 Å². The second-order valence-corrected chi connectivity index (χ2v) is 6.17. The van der Waals surface area contributed by atoms with Crippen LogP contribution in [0.25, 0.3) is 0 Å². The molecule has 0 aliphatic carbocycles. The number of anilines is 2. The number of piperazine rings is 1. The molecule has 7 heteroatoms. The topological polar surface area (TPSA) is 79.9 Å². The number of hydrogen-bond acceptors (Lipinski definition) is 7. The second-order valence-electron chi connectivity index (χ2n) is 6.17. The van der Waals surface area contributed by atoms with Crippen LogP contribution in [-0.4, -0.2) is 43.9 Å². The average molecular weight is 331 g/mol. The highest BCUT2D eigenvalue weighted by Gasteiger charge is 2.38. The van der Waals surface area contributed by atoms with Gasteiger partial charge in [-0.2, -0.15) is 0 Å². The van der Waals surface area contributed by atoms with E-state index >= 15 is 0 Å². The summed E-state index contributed by atoms with van der Waals surface area (Å²) in [4.78, 5) is 26.1. The Balaban J connectivity index is 1.72. The van der Waals surface area contributed by atoms with Crippen molar-refractivity contribution in [3.05, 3.63) is 36.0 Å². The molecule has 0 saturated carbocycles. The van der Waals surface area contributed by atoms with Crippen LogP contribution in [0, 0.1) is 0 Å². The standard InChI is InChI=1S/C17H21N3O4/c1-17(2)23-15(21)14(16(22)24-17)11-19-12-4-3-5-13(10-12)20-8-6-18-7-9-20/h3-5,10-11,18-19H,6-9H2,1-2H3. The van der Waals surface area contributed by atoms with Crippen molar-refractivity contribution >= 4 is 23.3 Å². The van der Waals surface area contributed by atoms with Gasteiger partial charge in [0, 0.05) is 57.6 Å². The first-order chi connectivity index (χ1) is 11.4. The van der Waals surface area contributed by atoms with Crippen molar-refractivity contribution < 1.29 is 19.1 Å². The maximum Gasteiger partial charge on any atom is 0.350 e. The zero-order valence-electron chi connectivity index (χ0n) is 13.8. The summed E-state index contributed by atoms with van der Waals surface area (Å²) in [6.45, 7) is 6.83. The van der Waals surface area contributed by atoms with Gasteiger partial charge in [-0.05, 0) is 18.2 Å². The molecule has 0 spiro atoms. The monoisotopic (exact) mass is 331 g/mol. The van der Waals surface area contributed by atoms with Gasteiger partial charge in [-0.15, -0.1) is 0 Å². The van der Waals surface area contributed by atoms with Gasteiger partial charge in [0.15, 0.2) is 5.57 Å². The third-order valence-electron chi connectivity index (χ3n) is 3.83. The number of cyclic esters (lactones) is 2. The Hall–Kier alpha value is -2.54. The fourth-order valence-electron chi connectivity index (χ4n) is 2.65. The van der Waals surface area contributed by atoms with E-state index in [9.17, 15) is 9.59 Å². The number of nitrogens with zero attached hydrogens (tertiary/aromatic N) is 1. The first-order valence-electron chi connectivity index (χ1n) is 7.94. The minimum Gasteiger partial charge on any atom is -0.419 e. The van der Waals surface area contributed by atoms with Gasteiger partial charge < -0.3 is 25.0 Å². The van der Waals surface area contributed by atoms with Crippen molar-refractivity contribution in [3.8, 4) is 0 Å². The van der Waals surface area contributed by atoms with Crippen LogP contribution in [0.3, 0.4) is 0 Å². The van der Waals surface area contributed by atoms with Crippen molar-refractivity contribution in [2.75, 3.05) is 36.4 Å². The fourth-order valence-corrected chi connectivity index (χ4v) is 2.65. The molecule has 24 heavy (non-hydrogen) atoms. The third kappa shape index (κ3) is 3.68. The number of rotatable bonds is 3. The number of carbonyl (C=O) groups is 2. The van der Waals surface area contributed by atoms with Crippen LogP contribution < -0.4 is 15.5 Å². The smallest absolute Gasteiger partial charge is 0.350 e. The minimum atomic E-state index is -1.23. The molecule has 1 aromatic carbocycles. The van der Waals surface area contributed by atoms with Crippen LogP contribution >= 0.6 is 0 Å². The molecule has 7 nitrogen and oxygen atoms in total. The zero-order chi connectivity index (χ0) is 17.2. The first kappa shape index (κ1) is 16.3. The lowest BCUT2D eigenvalue weighted by Gasteiger charge is -2.30. The normalized spacial score (nSPS) is 20.2. The van der Waals surface area contributed by atoms with E-state index in [0.717, 1.165) is 37.6 Å². The first-order valence-corrected chi connectivity index (χ1v) is 7.94. The SMILES string of the molecule is CC1(C)OC(=O)C(=CNc2cccc(N3CCNCC3)c2)C(=O)O1. The number of nitrogens with one attached hydrogen (secondary N) is 2. The van der Waals surface area contributed by atoms with Crippen LogP contribution in [0.4, 0.5) is 11.4 Å². The molecule has 0 amide bonds. The van der Waals surface area contributed by atoms with Gasteiger partial charge in [0.2, 0.25) is 0 Å². The lowest BCUT2D eigenvalue weighted by atomic mass is 10.2. The highest BCUT2D eigenvalue weighted by Crippen LogP contribution is 2.24. The van der Waals surface area contributed by atoms with Crippen molar-refractivity contribution in [2.45, 2.75) is 19.6 Å². The summed E-state index contributed by atoms with van der Waals surface area (Å²) in [6.07, 6.45) is 1.33. The van der Waals surface area contributed by atoms with Crippen LogP contribution in [0.5, 0.6) is 0 Å². The largest absolute Gasteiger partial charge is 0.419 e. The summed E-state index contributed by atoms with van der Waals surface area (Å²) in [7, 11) is 0. The third-order valence-corrected chi connectivity index (χ3v) is 3.83. The number of hydrogen-bond donors (Lipinski definition) is 2. The molecule has 3 rings (SSSR count). The molecule has 2 N–H and O–H groups in total. The molecule has 128 valence electrons. The Morgan fingerprint density at radius 1 is 1.17 bits per heavy atom. The summed E-state index contributed by atoms with van der Waals surface area (Å²) in [5.41, 5.74) is 1.72. The molecule has 0 unspecified atom stereocenters. The van der Waals surface area contributed by atoms with E-state index in [2.05, 4.69) is 15.5 Å². The highest BCUT2D eigenvalue weighted by atomic mass is 16.7. The van der Waals surface area contributed by atoms with E-state index in [4.69, 9.17) is 9.47 Å². The fraction of sp³-hybridized carbons (Fsp3) is 0.412. The number of carbonyl (C=O) groups excluding carboxylic acids is 2. The summed E-state index contributed by atoms with van der Waals surface area (Å²) in [5, 5.41) is 6.29. The van der Waals surface area contributed by atoms with E-state index < -0.39 is 17.7 Å². The summed E-state index contributed by atoms with van der Waals surface area (Å²) >= 11 is 0. The molecule has 2 heterocycles. The van der Waals surface area contributed by atoms with Crippen LogP contribution in [0.2, 0.25) is 0 Å². The number of ether oxygens (including phenoxy) is 2. The predicted molar refractivity (Wildman–Crippen MR) is 89.5 cm³/mol. The highest BCUT2D eigenvalue weighted by molar-refractivity contribution is 6.15. The number of benzene rings is 1. The minimum absolute atomic E-state index is 0.151. The molecular weight excluding hydrogens is 310 g/mol. The van der Waals surface area contributed by atoms with Gasteiger partial charge >= 0.3 is 11.9 Å². The molecule has 0 aromatic heterocycles. The van der Waals surface area contributed by atoms with E-state index in [1.165, 1.54) is 20.0 Å². The van der Waals surface area contributed by atoms with Gasteiger partial charge in [-0.25, -0.2) is 9.59 Å². The Kier molecular flexibility index (Phi) is 4.44. The average Bonchev–Trinajstić information content (AvgIpc) is 2.54. The molecule has 0 atom stereocenters. The molecule has 0 bridgehead atoms. The predicted octanol–water partition coefficient (Wildman–Crippen LogP) is 1.23. The van der Waals surface area contributed by atoms with Gasteiger partial charge in [-0.3, -0.25) is 0 Å².